The lowest BCUT2D eigenvalue weighted by atomic mass is 9.95. The molecular weight excluding hydrogens is 202 g/mol. The highest BCUT2D eigenvalue weighted by atomic mass is 16.5. The summed E-state index contributed by atoms with van der Waals surface area (Å²) in [5, 5.41) is 12.4. The van der Waals surface area contributed by atoms with Crippen LogP contribution in [-0.4, -0.2) is 37.5 Å². The van der Waals surface area contributed by atoms with Crippen LogP contribution in [0.15, 0.2) is 0 Å². The van der Waals surface area contributed by atoms with Crippen LogP contribution in [-0.2, 0) is 4.74 Å². The van der Waals surface area contributed by atoms with E-state index in [4.69, 9.17) is 9.84 Å². The van der Waals surface area contributed by atoms with Crippen LogP contribution < -0.4 is 5.32 Å². The molecule has 1 rings (SSSR count). The summed E-state index contributed by atoms with van der Waals surface area (Å²) in [5.41, 5.74) is -0.0230. The Labute approximate surface area is 99.6 Å². The molecule has 0 aromatic heterocycles. The number of nitrogens with one attached hydrogen (secondary N) is 1. The third-order valence-electron chi connectivity index (χ3n) is 3.22. The first-order chi connectivity index (χ1) is 7.64. The van der Waals surface area contributed by atoms with Crippen molar-refractivity contribution in [2.45, 2.75) is 52.1 Å². The van der Waals surface area contributed by atoms with E-state index >= 15 is 0 Å². The van der Waals surface area contributed by atoms with Gasteiger partial charge in [-0.15, -0.1) is 0 Å². The molecule has 0 atom stereocenters. The zero-order valence-corrected chi connectivity index (χ0v) is 10.8. The number of rotatable bonds is 7. The topological polar surface area (TPSA) is 41.5 Å². The molecule has 0 bridgehead atoms. The first-order valence-electron chi connectivity index (χ1n) is 6.57. The van der Waals surface area contributed by atoms with E-state index in [-0.39, 0.29) is 12.0 Å². The molecule has 16 heavy (non-hydrogen) atoms. The molecular formula is C13H27NO2. The average molecular weight is 229 g/mol. The second-order valence-corrected chi connectivity index (χ2v) is 5.63. The van der Waals surface area contributed by atoms with Crippen LogP contribution in [0.25, 0.3) is 0 Å². The van der Waals surface area contributed by atoms with E-state index in [2.05, 4.69) is 19.2 Å². The second-order valence-electron chi connectivity index (χ2n) is 5.63. The summed E-state index contributed by atoms with van der Waals surface area (Å²) in [6, 6.07) is 0. The molecule has 96 valence electrons. The van der Waals surface area contributed by atoms with Crippen LogP contribution in [0.4, 0.5) is 0 Å². The Morgan fingerprint density at radius 2 is 1.94 bits per heavy atom. The van der Waals surface area contributed by atoms with Crippen molar-refractivity contribution in [1.82, 2.24) is 5.32 Å². The Balaban J connectivity index is 1.95. The van der Waals surface area contributed by atoms with Gasteiger partial charge in [0, 0.05) is 25.1 Å². The molecule has 1 saturated carbocycles. The largest absolute Gasteiger partial charge is 0.396 e. The third kappa shape index (κ3) is 5.83. The van der Waals surface area contributed by atoms with Crippen molar-refractivity contribution in [2.75, 3.05) is 26.3 Å². The summed E-state index contributed by atoms with van der Waals surface area (Å²) in [5.74, 6) is 0. The minimum atomic E-state index is -0.0230. The normalized spacial score (nSPS) is 18.9. The molecule has 0 unspecified atom stereocenters. The van der Waals surface area contributed by atoms with E-state index in [1.807, 2.05) is 0 Å². The van der Waals surface area contributed by atoms with Gasteiger partial charge < -0.3 is 15.2 Å². The quantitative estimate of drug-likeness (QED) is 0.656. The van der Waals surface area contributed by atoms with Crippen molar-refractivity contribution in [1.29, 1.82) is 0 Å². The van der Waals surface area contributed by atoms with Crippen molar-refractivity contribution in [3.8, 4) is 0 Å². The van der Waals surface area contributed by atoms with Crippen LogP contribution in [0, 0.1) is 5.41 Å². The fraction of sp³-hybridized carbons (Fsp3) is 1.00. The molecule has 0 saturated heterocycles. The molecule has 1 aliphatic carbocycles. The highest BCUT2D eigenvalue weighted by Crippen LogP contribution is 2.19. The molecule has 1 aliphatic rings. The van der Waals surface area contributed by atoms with Crippen LogP contribution >= 0.6 is 0 Å². The van der Waals surface area contributed by atoms with Gasteiger partial charge in [-0.3, -0.25) is 0 Å². The fourth-order valence-electron chi connectivity index (χ4n) is 2.01. The van der Waals surface area contributed by atoms with Crippen LogP contribution in [0.1, 0.15) is 46.0 Å². The minimum Gasteiger partial charge on any atom is -0.396 e. The van der Waals surface area contributed by atoms with Gasteiger partial charge in [0.1, 0.15) is 0 Å². The van der Waals surface area contributed by atoms with Crippen molar-refractivity contribution in [3.05, 3.63) is 0 Å². The van der Waals surface area contributed by atoms with E-state index < -0.39 is 0 Å². The Kier molecular flexibility index (Phi) is 6.32. The third-order valence-corrected chi connectivity index (χ3v) is 3.22. The Hall–Kier alpha value is -0.120. The van der Waals surface area contributed by atoms with Crippen molar-refractivity contribution < 1.29 is 9.84 Å². The lowest BCUT2D eigenvalue weighted by Crippen LogP contribution is -2.34. The first kappa shape index (κ1) is 13.9. The molecule has 3 nitrogen and oxygen atoms in total. The Morgan fingerprint density at radius 3 is 2.56 bits per heavy atom. The Bertz CT molecular complexity index is 177. The predicted molar refractivity (Wildman–Crippen MR) is 66.6 cm³/mol. The van der Waals surface area contributed by atoms with Gasteiger partial charge in [0.05, 0.1) is 12.7 Å². The zero-order valence-electron chi connectivity index (χ0n) is 10.8. The maximum absolute atomic E-state index is 9.08. The molecule has 0 aromatic rings. The van der Waals surface area contributed by atoms with Gasteiger partial charge in [-0.25, -0.2) is 0 Å². The van der Waals surface area contributed by atoms with E-state index in [1.165, 1.54) is 32.1 Å². The second kappa shape index (κ2) is 7.25. The van der Waals surface area contributed by atoms with Gasteiger partial charge in [-0.05, 0) is 12.8 Å². The summed E-state index contributed by atoms with van der Waals surface area (Å²) < 4.78 is 5.81. The van der Waals surface area contributed by atoms with Gasteiger partial charge in [0.15, 0.2) is 0 Å². The van der Waals surface area contributed by atoms with Crippen LogP contribution in [0.3, 0.4) is 0 Å². The average Bonchev–Trinajstić information content (AvgIpc) is 2.30. The smallest absolute Gasteiger partial charge is 0.0594 e. The number of aliphatic hydroxyl groups is 1. The summed E-state index contributed by atoms with van der Waals surface area (Å²) in [6.45, 7) is 6.87. The predicted octanol–water partition coefficient (Wildman–Crippen LogP) is 1.94. The number of hydrogen-bond acceptors (Lipinski definition) is 3. The fourth-order valence-corrected chi connectivity index (χ4v) is 2.01. The SMILES string of the molecule is CC(C)(CO)CNCCOC1CCCCC1. The first-order valence-corrected chi connectivity index (χ1v) is 6.57. The molecule has 0 radical (unpaired) electrons. The highest BCUT2D eigenvalue weighted by molar-refractivity contribution is 4.70. The van der Waals surface area contributed by atoms with E-state index in [1.54, 1.807) is 0 Å². The number of ether oxygens (including phenoxy) is 1. The van der Waals surface area contributed by atoms with Crippen molar-refractivity contribution >= 4 is 0 Å². The summed E-state index contributed by atoms with van der Waals surface area (Å²) >= 11 is 0. The summed E-state index contributed by atoms with van der Waals surface area (Å²) in [4.78, 5) is 0. The van der Waals surface area contributed by atoms with Crippen molar-refractivity contribution in [3.63, 3.8) is 0 Å². The van der Waals surface area contributed by atoms with Crippen LogP contribution in [0.2, 0.25) is 0 Å². The zero-order chi connectivity index (χ0) is 11.9. The monoisotopic (exact) mass is 229 g/mol. The number of aliphatic hydroxyl groups excluding tert-OH is 1. The summed E-state index contributed by atoms with van der Waals surface area (Å²) in [7, 11) is 0. The number of hydrogen-bond donors (Lipinski definition) is 2. The molecule has 0 spiro atoms. The van der Waals surface area contributed by atoms with Crippen molar-refractivity contribution in [2.24, 2.45) is 5.41 Å². The summed E-state index contributed by atoms with van der Waals surface area (Å²) in [6.07, 6.45) is 7.01. The van der Waals surface area contributed by atoms with E-state index in [0.29, 0.717) is 6.10 Å². The van der Waals surface area contributed by atoms with Gasteiger partial charge in [-0.1, -0.05) is 33.1 Å². The molecule has 3 heteroatoms. The minimum absolute atomic E-state index is 0.0230. The van der Waals surface area contributed by atoms with Gasteiger partial charge >= 0.3 is 0 Å². The van der Waals surface area contributed by atoms with Gasteiger partial charge in [0.2, 0.25) is 0 Å². The lowest BCUT2D eigenvalue weighted by molar-refractivity contribution is 0.0289. The Morgan fingerprint density at radius 1 is 1.25 bits per heavy atom. The van der Waals surface area contributed by atoms with Gasteiger partial charge in [0.25, 0.3) is 0 Å². The standard InChI is InChI=1S/C13H27NO2/c1-13(2,11-15)10-14-8-9-16-12-6-4-3-5-7-12/h12,14-15H,3-11H2,1-2H3. The van der Waals surface area contributed by atoms with E-state index in [0.717, 1.165) is 19.7 Å². The van der Waals surface area contributed by atoms with Crippen LogP contribution in [0.5, 0.6) is 0 Å². The molecule has 0 aromatic carbocycles. The molecule has 0 heterocycles. The molecule has 1 fully saturated rings. The highest BCUT2D eigenvalue weighted by Gasteiger charge is 2.16. The van der Waals surface area contributed by atoms with Gasteiger partial charge in [-0.2, -0.15) is 0 Å². The maximum Gasteiger partial charge on any atom is 0.0594 e. The molecule has 0 aliphatic heterocycles. The maximum atomic E-state index is 9.08. The molecule has 2 N–H and O–H groups in total. The lowest BCUT2D eigenvalue weighted by Gasteiger charge is -2.24. The molecule has 0 amide bonds. The van der Waals surface area contributed by atoms with E-state index in [9.17, 15) is 0 Å².